The van der Waals surface area contributed by atoms with Gasteiger partial charge in [0.25, 0.3) is 5.91 Å². The molecule has 1 aromatic rings. The highest BCUT2D eigenvalue weighted by atomic mass is 32.1. The van der Waals surface area contributed by atoms with E-state index in [1.807, 2.05) is 18.9 Å². The van der Waals surface area contributed by atoms with Gasteiger partial charge in [-0.25, -0.2) is 0 Å². The lowest BCUT2D eigenvalue weighted by molar-refractivity contribution is 0.0316. The molecule has 122 valence electrons. The van der Waals surface area contributed by atoms with Crippen molar-refractivity contribution in [3.05, 3.63) is 11.3 Å². The minimum absolute atomic E-state index is 0.0715. The molecule has 1 aromatic heterocycles. The highest BCUT2D eigenvalue weighted by Gasteiger charge is 2.34. The maximum absolute atomic E-state index is 12.7. The number of nitrogens with zero attached hydrogens (tertiary/aromatic N) is 3. The molecule has 0 bridgehead atoms. The Morgan fingerprint density at radius 3 is 2.64 bits per heavy atom. The highest BCUT2D eigenvalue weighted by Crippen LogP contribution is 2.28. The number of hydrogen-bond donors (Lipinski definition) is 2. The van der Waals surface area contributed by atoms with Crippen LogP contribution in [0.5, 0.6) is 0 Å². The summed E-state index contributed by atoms with van der Waals surface area (Å²) in [4.78, 5) is 17.0. The predicted molar refractivity (Wildman–Crippen MR) is 87.5 cm³/mol. The van der Waals surface area contributed by atoms with Crippen molar-refractivity contribution in [2.45, 2.75) is 38.3 Å². The first-order chi connectivity index (χ1) is 10.6. The molecule has 7 heteroatoms. The number of aromatic nitrogens is 1. The van der Waals surface area contributed by atoms with Crippen LogP contribution >= 0.6 is 11.5 Å². The van der Waals surface area contributed by atoms with Gasteiger partial charge in [0, 0.05) is 39.3 Å². The number of carbonyl (C=O) groups excluding carboxylic acids is 1. The van der Waals surface area contributed by atoms with E-state index in [2.05, 4.69) is 14.6 Å². The number of rotatable bonds is 3. The van der Waals surface area contributed by atoms with E-state index < -0.39 is 0 Å². The van der Waals surface area contributed by atoms with Crippen molar-refractivity contribution in [3.8, 4) is 0 Å². The van der Waals surface area contributed by atoms with Crippen molar-refractivity contribution >= 4 is 22.4 Å². The number of aliphatic hydroxyl groups excluding tert-OH is 1. The zero-order valence-electron chi connectivity index (χ0n) is 13.2. The summed E-state index contributed by atoms with van der Waals surface area (Å²) in [5, 5.41) is 13.9. The summed E-state index contributed by atoms with van der Waals surface area (Å²) in [7, 11) is 1.82. The number of aryl methyl sites for hydroxylation is 1. The number of anilines is 1. The Morgan fingerprint density at radius 1 is 1.32 bits per heavy atom. The van der Waals surface area contributed by atoms with Gasteiger partial charge in [-0.2, -0.15) is 4.37 Å². The Morgan fingerprint density at radius 2 is 2.05 bits per heavy atom. The average molecular weight is 324 g/mol. The Kier molecular flexibility index (Phi) is 4.65. The monoisotopic (exact) mass is 324 g/mol. The Hall–Kier alpha value is -1.18. The van der Waals surface area contributed by atoms with Gasteiger partial charge in [0.15, 0.2) is 0 Å². The molecular weight excluding hydrogens is 300 g/mol. The lowest BCUT2D eigenvalue weighted by atomic mass is 10.1. The summed E-state index contributed by atoms with van der Waals surface area (Å²) in [5.41, 5.74) is 1.51. The van der Waals surface area contributed by atoms with Crippen LogP contribution in [0, 0.1) is 6.92 Å². The van der Waals surface area contributed by atoms with Gasteiger partial charge in [-0.1, -0.05) is 0 Å². The second-order valence-corrected chi connectivity index (χ2v) is 6.89. The molecule has 0 unspecified atom stereocenters. The van der Waals surface area contributed by atoms with Crippen LogP contribution in [0.4, 0.5) is 5.00 Å². The SMILES string of the molecule is CNc1snc(C)c1C(=O)N1CCN([C@@H]2CCC[C@@H]2O)CC1. The molecule has 2 fully saturated rings. The van der Waals surface area contributed by atoms with Gasteiger partial charge in [-0.15, -0.1) is 0 Å². The first-order valence-electron chi connectivity index (χ1n) is 7.97. The number of amides is 1. The molecule has 0 radical (unpaired) electrons. The van der Waals surface area contributed by atoms with Crippen molar-refractivity contribution in [3.63, 3.8) is 0 Å². The van der Waals surface area contributed by atoms with E-state index in [9.17, 15) is 9.90 Å². The van der Waals surface area contributed by atoms with Crippen molar-refractivity contribution in [1.29, 1.82) is 0 Å². The van der Waals surface area contributed by atoms with Gasteiger partial charge in [-0.3, -0.25) is 9.69 Å². The van der Waals surface area contributed by atoms with E-state index in [0.717, 1.165) is 56.1 Å². The maximum atomic E-state index is 12.7. The molecule has 1 saturated carbocycles. The number of hydrogen-bond acceptors (Lipinski definition) is 6. The van der Waals surface area contributed by atoms with Gasteiger partial charge in [0.1, 0.15) is 5.00 Å². The number of carbonyl (C=O) groups is 1. The number of piperazine rings is 1. The van der Waals surface area contributed by atoms with E-state index in [1.54, 1.807) is 0 Å². The molecule has 6 nitrogen and oxygen atoms in total. The molecular formula is C15H24N4O2S. The van der Waals surface area contributed by atoms with E-state index in [4.69, 9.17) is 0 Å². The van der Waals surface area contributed by atoms with Crippen LogP contribution < -0.4 is 5.32 Å². The fourth-order valence-electron chi connectivity index (χ4n) is 3.55. The van der Waals surface area contributed by atoms with E-state index >= 15 is 0 Å². The van der Waals surface area contributed by atoms with E-state index in [0.29, 0.717) is 5.56 Å². The standard InChI is InChI=1S/C15H24N4O2S/c1-10-13(14(16-2)22-17-10)15(21)19-8-6-18(7-9-19)11-4-3-5-12(11)20/h11-12,16,20H,3-9H2,1-2H3/t11-,12+/m1/s1. The third-order valence-corrected chi connectivity index (χ3v) is 5.77. The quantitative estimate of drug-likeness (QED) is 0.873. The molecule has 1 amide bonds. The predicted octanol–water partition coefficient (Wildman–Crippen LogP) is 1.16. The lowest BCUT2D eigenvalue weighted by Crippen LogP contribution is -2.53. The van der Waals surface area contributed by atoms with Crippen LogP contribution in [0.2, 0.25) is 0 Å². The summed E-state index contributed by atoms with van der Waals surface area (Å²) in [6.45, 7) is 5.02. The molecule has 0 spiro atoms. The topological polar surface area (TPSA) is 68.7 Å². The number of aliphatic hydroxyl groups is 1. The van der Waals surface area contributed by atoms with Crippen LogP contribution in [0.15, 0.2) is 0 Å². The van der Waals surface area contributed by atoms with Crippen molar-refractivity contribution in [2.24, 2.45) is 0 Å². The second-order valence-electron chi connectivity index (χ2n) is 6.12. The third kappa shape index (κ3) is 2.85. The molecule has 1 saturated heterocycles. The Labute approximate surface area is 135 Å². The van der Waals surface area contributed by atoms with Gasteiger partial charge >= 0.3 is 0 Å². The first kappa shape index (κ1) is 15.7. The molecule has 1 aliphatic heterocycles. The maximum Gasteiger partial charge on any atom is 0.258 e. The fraction of sp³-hybridized carbons (Fsp3) is 0.733. The molecule has 0 aromatic carbocycles. The van der Waals surface area contributed by atoms with Crippen LogP contribution in [0.3, 0.4) is 0 Å². The summed E-state index contributed by atoms with van der Waals surface area (Å²) in [6.07, 6.45) is 2.90. The van der Waals surface area contributed by atoms with Crippen LogP contribution in [0.25, 0.3) is 0 Å². The van der Waals surface area contributed by atoms with Gasteiger partial charge in [0.2, 0.25) is 0 Å². The smallest absolute Gasteiger partial charge is 0.258 e. The van der Waals surface area contributed by atoms with Crippen LogP contribution in [-0.4, -0.2) is 70.6 Å². The van der Waals surface area contributed by atoms with Crippen LogP contribution in [0.1, 0.15) is 35.3 Å². The molecule has 2 aliphatic rings. The van der Waals surface area contributed by atoms with E-state index in [-0.39, 0.29) is 18.1 Å². The Balaban J connectivity index is 1.63. The summed E-state index contributed by atoms with van der Waals surface area (Å²) in [6, 6.07) is 0.287. The normalized spacial score (nSPS) is 26.4. The first-order valence-corrected chi connectivity index (χ1v) is 8.74. The molecule has 2 N–H and O–H groups in total. The molecule has 1 aliphatic carbocycles. The highest BCUT2D eigenvalue weighted by molar-refractivity contribution is 7.10. The second kappa shape index (κ2) is 6.52. The fourth-order valence-corrected chi connectivity index (χ4v) is 4.29. The lowest BCUT2D eigenvalue weighted by Gasteiger charge is -2.39. The molecule has 3 rings (SSSR count). The molecule has 22 heavy (non-hydrogen) atoms. The van der Waals surface area contributed by atoms with Crippen molar-refractivity contribution in [2.75, 3.05) is 38.5 Å². The largest absolute Gasteiger partial charge is 0.391 e. The minimum atomic E-state index is -0.193. The minimum Gasteiger partial charge on any atom is -0.391 e. The van der Waals surface area contributed by atoms with E-state index in [1.165, 1.54) is 11.5 Å². The van der Waals surface area contributed by atoms with Crippen LogP contribution in [-0.2, 0) is 0 Å². The summed E-state index contributed by atoms with van der Waals surface area (Å²) in [5.74, 6) is 0.0715. The zero-order valence-corrected chi connectivity index (χ0v) is 14.0. The zero-order chi connectivity index (χ0) is 15.7. The third-order valence-electron chi connectivity index (χ3n) is 4.82. The molecule has 2 atom stereocenters. The van der Waals surface area contributed by atoms with Gasteiger partial charge in [0.05, 0.1) is 17.4 Å². The number of nitrogens with one attached hydrogen (secondary N) is 1. The van der Waals surface area contributed by atoms with Gasteiger partial charge < -0.3 is 15.3 Å². The summed E-state index contributed by atoms with van der Waals surface area (Å²) >= 11 is 1.34. The van der Waals surface area contributed by atoms with Crippen molar-refractivity contribution in [1.82, 2.24) is 14.2 Å². The Bertz CT molecular complexity index is 540. The van der Waals surface area contributed by atoms with Crippen molar-refractivity contribution < 1.29 is 9.90 Å². The average Bonchev–Trinajstić information content (AvgIpc) is 3.12. The van der Waals surface area contributed by atoms with Gasteiger partial charge in [-0.05, 0) is 37.7 Å². The summed E-state index contributed by atoms with van der Waals surface area (Å²) < 4.78 is 4.28. The molecule has 2 heterocycles.